The van der Waals surface area contributed by atoms with Crippen LogP contribution in [0.2, 0.25) is 0 Å². The quantitative estimate of drug-likeness (QED) is 0.615. The number of nitrogens with zero attached hydrogens (tertiary/aromatic N) is 2. The summed E-state index contributed by atoms with van der Waals surface area (Å²) in [6.07, 6.45) is -3.87. The predicted molar refractivity (Wildman–Crippen MR) is 103 cm³/mol. The average Bonchev–Trinajstić information content (AvgIpc) is 2.92. The van der Waals surface area contributed by atoms with Crippen LogP contribution >= 0.6 is 0 Å². The number of nitrogens with one attached hydrogen (secondary N) is 2. The molecule has 12 heteroatoms. The van der Waals surface area contributed by atoms with E-state index in [4.69, 9.17) is 5.26 Å². The van der Waals surface area contributed by atoms with Crippen LogP contribution in [0.5, 0.6) is 0 Å². The molecule has 1 aromatic heterocycles. The normalized spacial score (nSPS) is 20.8. The molecule has 3 unspecified atom stereocenters. The molecule has 1 amide bonds. The Hall–Kier alpha value is -2.75. The minimum Gasteiger partial charge on any atom is -0.379 e. The number of carbonyl (C=O) groups is 1. The lowest BCUT2D eigenvalue weighted by Crippen LogP contribution is -2.57. The van der Waals surface area contributed by atoms with E-state index in [-0.39, 0.29) is 40.2 Å². The Labute approximate surface area is 177 Å². The molecule has 7 nitrogen and oxygen atoms in total. The Kier molecular flexibility index (Phi) is 5.96. The zero-order valence-corrected chi connectivity index (χ0v) is 17.2. The molecule has 0 aliphatic carbocycles. The smallest absolute Gasteiger partial charge is 0.379 e. The third kappa shape index (κ3) is 4.21. The molecular formula is C19H18F4N4O3S. The van der Waals surface area contributed by atoms with Gasteiger partial charge in [0.25, 0.3) is 5.91 Å². The lowest BCUT2D eigenvalue weighted by molar-refractivity contribution is -0.261. The standard InChI is InChI=1S/C19H18F4N4O3S/c1-18(29,19(21,22)23)15-6-4-12-14(31(30)26-15)9-27(2)16(12)17(28)25-11-3-5-13(20)10(7-11)8-24/h3,5,7,9,15,26,29H,4,6H2,1-2H3,(H,25,28). The molecule has 1 aromatic carbocycles. The van der Waals surface area contributed by atoms with Crippen LogP contribution in [0.1, 0.15) is 35.0 Å². The Bertz CT molecular complexity index is 1100. The van der Waals surface area contributed by atoms with Crippen molar-refractivity contribution in [2.75, 3.05) is 5.32 Å². The highest BCUT2D eigenvalue weighted by atomic mass is 32.2. The van der Waals surface area contributed by atoms with Crippen LogP contribution < -0.4 is 10.0 Å². The van der Waals surface area contributed by atoms with E-state index < -0.39 is 40.5 Å². The van der Waals surface area contributed by atoms with Gasteiger partial charge in [0, 0.05) is 24.5 Å². The second-order valence-corrected chi connectivity index (χ2v) is 8.53. The van der Waals surface area contributed by atoms with E-state index in [1.165, 1.54) is 23.9 Å². The Balaban J connectivity index is 1.91. The summed E-state index contributed by atoms with van der Waals surface area (Å²) in [5.74, 6) is -1.42. The van der Waals surface area contributed by atoms with Crippen molar-refractivity contribution in [3.05, 3.63) is 47.0 Å². The zero-order valence-electron chi connectivity index (χ0n) is 16.4. The van der Waals surface area contributed by atoms with Crippen molar-refractivity contribution in [3.63, 3.8) is 0 Å². The van der Waals surface area contributed by atoms with Crippen molar-refractivity contribution >= 4 is 22.6 Å². The summed E-state index contributed by atoms with van der Waals surface area (Å²) in [5.41, 5.74) is -2.93. The Morgan fingerprint density at radius 1 is 1.42 bits per heavy atom. The van der Waals surface area contributed by atoms with Crippen molar-refractivity contribution in [1.82, 2.24) is 9.29 Å². The highest BCUT2D eigenvalue weighted by molar-refractivity contribution is 7.83. The minimum atomic E-state index is -4.95. The zero-order chi connectivity index (χ0) is 23.1. The fraction of sp³-hybridized carbons (Fsp3) is 0.368. The van der Waals surface area contributed by atoms with Gasteiger partial charge in [0.05, 0.1) is 16.5 Å². The molecule has 3 N–H and O–H groups in total. The molecular weight excluding hydrogens is 440 g/mol. The SMILES string of the molecule is Cn1cc2c(c1C(=O)Nc1ccc(F)c(C#N)c1)CCC(C(C)(O)C(F)(F)F)NS2=O. The van der Waals surface area contributed by atoms with Crippen LogP contribution in [0.25, 0.3) is 0 Å². The highest BCUT2D eigenvalue weighted by Gasteiger charge is 2.55. The number of rotatable bonds is 3. The van der Waals surface area contributed by atoms with E-state index in [0.29, 0.717) is 6.92 Å². The average molecular weight is 458 g/mol. The van der Waals surface area contributed by atoms with Gasteiger partial charge in [-0.3, -0.25) is 4.79 Å². The van der Waals surface area contributed by atoms with Crippen molar-refractivity contribution in [1.29, 1.82) is 5.26 Å². The van der Waals surface area contributed by atoms with Crippen LogP contribution in [0.15, 0.2) is 29.3 Å². The monoisotopic (exact) mass is 458 g/mol. The van der Waals surface area contributed by atoms with Crippen LogP contribution in [-0.4, -0.2) is 37.6 Å². The van der Waals surface area contributed by atoms with Gasteiger partial charge in [-0.1, -0.05) is 0 Å². The van der Waals surface area contributed by atoms with Crippen molar-refractivity contribution < 1.29 is 31.7 Å². The van der Waals surface area contributed by atoms with Crippen LogP contribution in [0, 0.1) is 17.1 Å². The number of alkyl halides is 3. The maximum absolute atomic E-state index is 13.5. The number of benzene rings is 1. The van der Waals surface area contributed by atoms with Gasteiger partial charge >= 0.3 is 6.18 Å². The minimum absolute atomic E-state index is 0.0541. The summed E-state index contributed by atoms with van der Waals surface area (Å²) < 4.78 is 69.5. The van der Waals surface area contributed by atoms with E-state index in [2.05, 4.69) is 10.0 Å². The van der Waals surface area contributed by atoms with E-state index in [1.54, 1.807) is 6.07 Å². The molecule has 0 spiro atoms. The number of halogens is 4. The first-order valence-electron chi connectivity index (χ1n) is 9.03. The van der Waals surface area contributed by atoms with Gasteiger partial charge in [0.2, 0.25) is 0 Å². The fourth-order valence-corrected chi connectivity index (χ4v) is 4.77. The number of nitriles is 1. The maximum atomic E-state index is 13.5. The number of fused-ring (bicyclic) bond motifs is 1. The third-order valence-corrected chi connectivity index (χ3v) is 6.44. The molecule has 0 radical (unpaired) electrons. The maximum Gasteiger partial charge on any atom is 0.418 e. The van der Waals surface area contributed by atoms with Crippen molar-refractivity contribution in [2.24, 2.45) is 7.05 Å². The number of aliphatic hydroxyl groups is 1. The number of hydrogen-bond acceptors (Lipinski definition) is 4. The molecule has 2 heterocycles. The molecule has 0 saturated carbocycles. The fourth-order valence-electron chi connectivity index (χ4n) is 3.36. The van der Waals surface area contributed by atoms with Crippen molar-refractivity contribution in [3.8, 4) is 6.07 Å². The number of aryl methyl sites for hydroxylation is 1. The van der Waals surface area contributed by atoms with Crippen molar-refractivity contribution in [2.45, 2.75) is 42.5 Å². The largest absolute Gasteiger partial charge is 0.418 e. The molecule has 166 valence electrons. The summed E-state index contributed by atoms with van der Waals surface area (Å²) in [7, 11) is -0.599. The first-order valence-corrected chi connectivity index (χ1v) is 10.2. The van der Waals surface area contributed by atoms with Crippen LogP contribution in [-0.2, 0) is 24.5 Å². The number of hydrogen-bond donors (Lipinski definition) is 3. The van der Waals surface area contributed by atoms with E-state index in [9.17, 15) is 31.7 Å². The number of anilines is 1. The first kappa shape index (κ1) is 22.9. The second kappa shape index (κ2) is 8.07. The molecule has 2 aromatic rings. The van der Waals surface area contributed by atoms with Gasteiger partial charge < -0.3 is 15.0 Å². The van der Waals surface area contributed by atoms with Gasteiger partial charge in [-0.05, 0) is 38.0 Å². The molecule has 31 heavy (non-hydrogen) atoms. The summed E-state index contributed by atoms with van der Waals surface area (Å²) in [5, 5.41) is 21.4. The first-order chi connectivity index (χ1) is 14.4. The lowest BCUT2D eigenvalue weighted by Gasteiger charge is -2.33. The van der Waals surface area contributed by atoms with Gasteiger partial charge in [0.15, 0.2) is 5.60 Å². The summed E-state index contributed by atoms with van der Waals surface area (Å²) in [6, 6.07) is 3.51. The molecule has 0 saturated heterocycles. The van der Waals surface area contributed by atoms with Crippen LogP contribution in [0.4, 0.5) is 23.2 Å². The Morgan fingerprint density at radius 2 is 2.10 bits per heavy atom. The summed E-state index contributed by atoms with van der Waals surface area (Å²) >= 11 is 0. The molecule has 1 aliphatic heterocycles. The van der Waals surface area contributed by atoms with Gasteiger partial charge in [-0.2, -0.15) is 18.4 Å². The molecule has 3 atom stereocenters. The van der Waals surface area contributed by atoms with E-state index in [1.807, 2.05) is 0 Å². The third-order valence-electron chi connectivity index (χ3n) is 5.19. The van der Waals surface area contributed by atoms with E-state index in [0.717, 1.165) is 12.1 Å². The predicted octanol–water partition coefficient (Wildman–Crippen LogP) is 2.53. The molecule has 1 aliphatic rings. The number of carbonyl (C=O) groups excluding carboxylic acids is 1. The van der Waals surface area contributed by atoms with Gasteiger partial charge in [0.1, 0.15) is 28.6 Å². The lowest BCUT2D eigenvalue weighted by atomic mass is 9.91. The van der Waals surface area contributed by atoms with Crippen LogP contribution in [0.3, 0.4) is 0 Å². The summed E-state index contributed by atoms with van der Waals surface area (Å²) in [4.78, 5) is 13.0. The highest BCUT2D eigenvalue weighted by Crippen LogP contribution is 2.37. The molecule has 0 bridgehead atoms. The molecule has 0 fully saturated rings. The number of aromatic nitrogens is 1. The Morgan fingerprint density at radius 3 is 2.71 bits per heavy atom. The van der Waals surface area contributed by atoms with Gasteiger partial charge in [-0.25, -0.2) is 13.3 Å². The number of amides is 1. The van der Waals surface area contributed by atoms with Gasteiger partial charge in [-0.15, -0.1) is 0 Å². The topological polar surface area (TPSA) is 107 Å². The summed E-state index contributed by atoms with van der Waals surface area (Å²) in [6.45, 7) is 0.604. The second-order valence-electron chi connectivity index (χ2n) is 7.32. The van der Waals surface area contributed by atoms with E-state index >= 15 is 0 Å². The molecule has 3 rings (SSSR count).